The second-order valence-corrected chi connectivity index (χ2v) is 9.21. The maximum absolute atomic E-state index is 13.0. The van der Waals surface area contributed by atoms with Gasteiger partial charge >= 0.3 is 0 Å². The van der Waals surface area contributed by atoms with Gasteiger partial charge in [-0.05, 0) is 55.0 Å². The molecule has 162 valence electrons. The molecular weight excluding hydrogens is 436 g/mol. The standard InChI is InChI=1S/C23H23ClN2O4S/c1-16-4-11-20(12-5-16)25-31(28,29)22-14-18(8-13-21(22)30-3)23(27)26(2)15-17-6-9-19(24)10-7-17/h4-14,25H,15H2,1-3H3. The van der Waals surface area contributed by atoms with Crippen LogP contribution < -0.4 is 9.46 Å². The van der Waals surface area contributed by atoms with Gasteiger partial charge in [-0.3, -0.25) is 9.52 Å². The van der Waals surface area contributed by atoms with E-state index in [-0.39, 0.29) is 22.1 Å². The zero-order valence-electron chi connectivity index (χ0n) is 17.4. The second-order valence-electron chi connectivity index (χ2n) is 7.12. The van der Waals surface area contributed by atoms with Gasteiger partial charge in [-0.1, -0.05) is 41.4 Å². The molecule has 0 radical (unpaired) electrons. The first kappa shape index (κ1) is 22.7. The fraction of sp³-hybridized carbons (Fsp3) is 0.174. The maximum atomic E-state index is 13.0. The van der Waals surface area contributed by atoms with Crippen molar-refractivity contribution in [1.82, 2.24) is 4.90 Å². The number of carbonyl (C=O) groups excluding carboxylic acids is 1. The number of rotatable bonds is 7. The SMILES string of the molecule is COc1ccc(C(=O)N(C)Cc2ccc(Cl)cc2)cc1S(=O)(=O)Nc1ccc(C)cc1. The van der Waals surface area contributed by atoms with Crippen LogP contribution >= 0.6 is 11.6 Å². The maximum Gasteiger partial charge on any atom is 0.265 e. The summed E-state index contributed by atoms with van der Waals surface area (Å²) < 4.78 is 33.8. The fourth-order valence-electron chi connectivity index (χ4n) is 3.01. The highest BCUT2D eigenvalue weighted by molar-refractivity contribution is 7.92. The Morgan fingerprint density at radius 2 is 1.68 bits per heavy atom. The van der Waals surface area contributed by atoms with Crippen molar-refractivity contribution in [2.75, 3.05) is 18.9 Å². The zero-order chi connectivity index (χ0) is 22.6. The predicted molar refractivity (Wildman–Crippen MR) is 122 cm³/mol. The summed E-state index contributed by atoms with van der Waals surface area (Å²) in [5.74, 6) is -0.166. The topological polar surface area (TPSA) is 75.7 Å². The third kappa shape index (κ3) is 5.57. The van der Waals surface area contributed by atoms with Crippen molar-refractivity contribution in [3.05, 3.63) is 88.4 Å². The monoisotopic (exact) mass is 458 g/mol. The molecule has 0 fully saturated rings. The van der Waals surface area contributed by atoms with Gasteiger partial charge in [0.25, 0.3) is 15.9 Å². The Kier molecular flexibility index (Phi) is 6.87. The van der Waals surface area contributed by atoms with Crippen molar-refractivity contribution in [3.8, 4) is 5.75 Å². The van der Waals surface area contributed by atoms with E-state index in [1.165, 1.54) is 24.1 Å². The molecule has 31 heavy (non-hydrogen) atoms. The zero-order valence-corrected chi connectivity index (χ0v) is 19.0. The van der Waals surface area contributed by atoms with Gasteiger partial charge in [-0.2, -0.15) is 0 Å². The van der Waals surface area contributed by atoms with Crippen LogP contribution in [-0.4, -0.2) is 33.4 Å². The van der Waals surface area contributed by atoms with Crippen molar-refractivity contribution in [3.63, 3.8) is 0 Å². The molecule has 3 rings (SSSR count). The molecule has 1 N–H and O–H groups in total. The van der Waals surface area contributed by atoms with Gasteiger partial charge in [0.05, 0.1) is 7.11 Å². The Morgan fingerprint density at radius 1 is 1.03 bits per heavy atom. The Balaban J connectivity index is 1.87. The Morgan fingerprint density at radius 3 is 2.29 bits per heavy atom. The number of benzene rings is 3. The summed E-state index contributed by atoms with van der Waals surface area (Å²) in [4.78, 5) is 14.3. The van der Waals surface area contributed by atoms with Gasteiger partial charge < -0.3 is 9.64 Å². The van der Waals surface area contributed by atoms with Crippen molar-refractivity contribution in [2.24, 2.45) is 0 Å². The van der Waals surface area contributed by atoms with Crippen LogP contribution in [0.3, 0.4) is 0 Å². The lowest BCUT2D eigenvalue weighted by atomic mass is 10.1. The van der Waals surface area contributed by atoms with E-state index >= 15 is 0 Å². The average Bonchev–Trinajstić information content (AvgIpc) is 2.75. The van der Waals surface area contributed by atoms with E-state index in [0.717, 1.165) is 11.1 Å². The lowest BCUT2D eigenvalue weighted by Crippen LogP contribution is -2.26. The molecule has 0 spiro atoms. The lowest BCUT2D eigenvalue weighted by Gasteiger charge is -2.19. The highest BCUT2D eigenvalue weighted by Gasteiger charge is 2.23. The molecule has 0 bridgehead atoms. The van der Waals surface area contributed by atoms with Crippen LogP contribution in [0.4, 0.5) is 5.69 Å². The normalized spacial score (nSPS) is 11.1. The van der Waals surface area contributed by atoms with E-state index in [4.69, 9.17) is 16.3 Å². The van der Waals surface area contributed by atoms with E-state index in [1.54, 1.807) is 49.5 Å². The Hall–Kier alpha value is -3.03. The van der Waals surface area contributed by atoms with Gasteiger partial charge in [0.1, 0.15) is 10.6 Å². The average molecular weight is 459 g/mol. The first-order valence-electron chi connectivity index (χ1n) is 9.47. The molecule has 1 amide bonds. The van der Waals surface area contributed by atoms with Crippen LogP contribution in [0.5, 0.6) is 5.75 Å². The van der Waals surface area contributed by atoms with E-state index < -0.39 is 10.0 Å². The van der Waals surface area contributed by atoms with E-state index in [2.05, 4.69) is 4.72 Å². The molecule has 0 aliphatic heterocycles. The van der Waals surface area contributed by atoms with Crippen LogP contribution in [0.15, 0.2) is 71.6 Å². The first-order valence-corrected chi connectivity index (χ1v) is 11.3. The molecule has 8 heteroatoms. The molecule has 6 nitrogen and oxygen atoms in total. The molecule has 3 aromatic carbocycles. The molecule has 0 aromatic heterocycles. The van der Waals surface area contributed by atoms with Crippen molar-refractivity contribution < 1.29 is 17.9 Å². The van der Waals surface area contributed by atoms with Crippen LogP contribution in [0.2, 0.25) is 5.02 Å². The number of ether oxygens (including phenoxy) is 1. The number of hydrogen-bond donors (Lipinski definition) is 1. The molecule has 0 saturated heterocycles. The van der Waals surface area contributed by atoms with Gasteiger partial charge in [0.15, 0.2) is 0 Å². The number of carbonyl (C=O) groups is 1. The number of aryl methyl sites for hydroxylation is 1. The summed E-state index contributed by atoms with van der Waals surface area (Å²) in [6, 6.07) is 18.5. The molecule has 0 unspecified atom stereocenters. The third-order valence-corrected chi connectivity index (χ3v) is 6.34. The first-order chi connectivity index (χ1) is 14.7. The summed E-state index contributed by atoms with van der Waals surface area (Å²) in [7, 11) is -0.939. The van der Waals surface area contributed by atoms with E-state index in [0.29, 0.717) is 17.3 Å². The van der Waals surface area contributed by atoms with Crippen LogP contribution in [0.25, 0.3) is 0 Å². The third-order valence-electron chi connectivity index (χ3n) is 4.68. The van der Waals surface area contributed by atoms with Crippen molar-refractivity contribution in [2.45, 2.75) is 18.4 Å². The summed E-state index contributed by atoms with van der Waals surface area (Å²) >= 11 is 5.91. The minimum Gasteiger partial charge on any atom is -0.495 e. The second kappa shape index (κ2) is 9.41. The van der Waals surface area contributed by atoms with Crippen LogP contribution in [0.1, 0.15) is 21.5 Å². The van der Waals surface area contributed by atoms with Crippen LogP contribution in [0, 0.1) is 6.92 Å². The van der Waals surface area contributed by atoms with Gasteiger partial charge in [-0.15, -0.1) is 0 Å². The number of nitrogens with one attached hydrogen (secondary N) is 1. The number of hydrogen-bond acceptors (Lipinski definition) is 4. The van der Waals surface area contributed by atoms with Gasteiger partial charge in [-0.25, -0.2) is 8.42 Å². The summed E-state index contributed by atoms with van der Waals surface area (Å²) in [5, 5.41) is 0.615. The van der Waals surface area contributed by atoms with Gasteiger partial charge in [0.2, 0.25) is 0 Å². The summed E-state index contributed by atoms with van der Waals surface area (Å²) in [6.45, 7) is 2.27. The molecule has 0 aliphatic rings. The molecule has 0 saturated carbocycles. The van der Waals surface area contributed by atoms with E-state index in [9.17, 15) is 13.2 Å². The number of sulfonamides is 1. The molecular formula is C23H23ClN2O4S. The quantitative estimate of drug-likeness (QED) is 0.555. The highest BCUT2D eigenvalue weighted by atomic mass is 35.5. The number of methoxy groups -OCH3 is 1. The number of amides is 1. The highest BCUT2D eigenvalue weighted by Crippen LogP contribution is 2.28. The number of nitrogens with zero attached hydrogens (tertiary/aromatic N) is 1. The van der Waals surface area contributed by atoms with Gasteiger partial charge in [0, 0.05) is 29.9 Å². The van der Waals surface area contributed by atoms with Crippen molar-refractivity contribution >= 4 is 33.2 Å². The fourth-order valence-corrected chi connectivity index (χ4v) is 4.39. The lowest BCUT2D eigenvalue weighted by molar-refractivity contribution is 0.0785. The Labute approximate surface area is 187 Å². The smallest absolute Gasteiger partial charge is 0.265 e. The summed E-state index contributed by atoms with van der Waals surface area (Å²) in [5.41, 5.74) is 2.57. The minimum absolute atomic E-state index is 0.110. The number of halogens is 1. The van der Waals surface area contributed by atoms with Crippen molar-refractivity contribution in [1.29, 1.82) is 0 Å². The minimum atomic E-state index is -3.97. The molecule has 3 aromatic rings. The number of anilines is 1. The largest absolute Gasteiger partial charge is 0.495 e. The van der Waals surface area contributed by atoms with Crippen LogP contribution in [-0.2, 0) is 16.6 Å². The molecule has 0 heterocycles. The molecule has 0 aliphatic carbocycles. The Bertz CT molecular complexity index is 1180. The van der Waals surface area contributed by atoms with E-state index in [1.807, 2.05) is 19.1 Å². The summed E-state index contributed by atoms with van der Waals surface area (Å²) in [6.07, 6.45) is 0. The molecule has 0 atom stereocenters. The predicted octanol–water partition coefficient (Wildman–Crippen LogP) is 4.73.